The van der Waals surface area contributed by atoms with Gasteiger partial charge in [0.25, 0.3) is 0 Å². The predicted octanol–water partition coefficient (Wildman–Crippen LogP) is 2.60. The minimum absolute atomic E-state index is 0.0619. The van der Waals surface area contributed by atoms with E-state index < -0.39 is 11.7 Å². The molecule has 0 amide bonds. The molecule has 1 aliphatic rings. The molecule has 1 aromatic heterocycles. The number of nitrogen functional groups attached to an aromatic ring is 1. The van der Waals surface area contributed by atoms with Crippen molar-refractivity contribution in [1.82, 2.24) is 9.88 Å². The summed E-state index contributed by atoms with van der Waals surface area (Å²) in [5.74, 6) is 0.203. The molecule has 21 heavy (non-hydrogen) atoms. The van der Waals surface area contributed by atoms with Crippen LogP contribution in [-0.4, -0.2) is 41.6 Å². The lowest BCUT2D eigenvalue weighted by molar-refractivity contribution is -0.137. The maximum Gasteiger partial charge on any atom is 0.416 e. The summed E-state index contributed by atoms with van der Waals surface area (Å²) < 4.78 is 38.5. The molecular formula is C14H21F3N4. The van der Waals surface area contributed by atoms with Gasteiger partial charge in [0.2, 0.25) is 0 Å². The summed E-state index contributed by atoms with van der Waals surface area (Å²) in [6.07, 6.45) is -4.40. The number of nitrogens with zero attached hydrogens (tertiary/aromatic N) is 3. The Kier molecular flexibility index (Phi) is 4.06. The Balaban J connectivity index is 2.16. The maximum absolute atomic E-state index is 12.8. The lowest BCUT2D eigenvalue weighted by Crippen LogP contribution is -2.53. The highest BCUT2D eigenvalue weighted by molar-refractivity contribution is 5.49. The average molecular weight is 302 g/mol. The van der Waals surface area contributed by atoms with Crippen LogP contribution in [0.5, 0.6) is 0 Å². The van der Waals surface area contributed by atoms with E-state index >= 15 is 0 Å². The first-order valence-electron chi connectivity index (χ1n) is 6.92. The minimum Gasteiger partial charge on any atom is -0.384 e. The van der Waals surface area contributed by atoms with Gasteiger partial charge in [0, 0.05) is 31.7 Å². The van der Waals surface area contributed by atoms with Crippen LogP contribution >= 0.6 is 0 Å². The van der Waals surface area contributed by atoms with Gasteiger partial charge < -0.3 is 10.6 Å². The van der Waals surface area contributed by atoms with Gasteiger partial charge in [-0.1, -0.05) is 0 Å². The molecule has 2 rings (SSSR count). The molecule has 0 unspecified atom stereocenters. The van der Waals surface area contributed by atoms with Crippen LogP contribution in [0, 0.1) is 0 Å². The van der Waals surface area contributed by atoms with Crippen molar-refractivity contribution in [2.24, 2.45) is 0 Å². The fourth-order valence-corrected chi connectivity index (χ4v) is 2.47. The second-order valence-electron chi connectivity index (χ2n) is 6.28. The Morgan fingerprint density at radius 3 is 2.10 bits per heavy atom. The van der Waals surface area contributed by atoms with Crippen molar-refractivity contribution in [3.63, 3.8) is 0 Å². The zero-order chi connectivity index (χ0) is 15.8. The van der Waals surface area contributed by atoms with E-state index in [4.69, 9.17) is 5.73 Å². The van der Waals surface area contributed by atoms with Gasteiger partial charge in [-0.25, -0.2) is 4.98 Å². The molecule has 7 heteroatoms. The molecule has 1 aliphatic heterocycles. The van der Waals surface area contributed by atoms with Gasteiger partial charge in [-0.3, -0.25) is 4.90 Å². The standard InChI is InChI=1S/C14H21F3N4/c1-13(2,3)21-6-4-20(5-7-21)12-9-10(14(15,16)17)8-11(18)19-12/h8-9H,4-7H2,1-3H3,(H2,18,19). The zero-order valence-corrected chi connectivity index (χ0v) is 12.5. The first-order valence-corrected chi connectivity index (χ1v) is 6.92. The highest BCUT2D eigenvalue weighted by atomic mass is 19.4. The van der Waals surface area contributed by atoms with E-state index in [1.807, 2.05) is 4.90 Å². The summed E-state index contributed by atoms with van der Waals surface area (Å²) in [6, 6.07) is 1.94. The molecule has 0 saturated carbocycles. The SMILES string of the molecule is CC(C)(C)N1CCN(c2cc(C(F)(F)F)cc(N)n2)CC1. The number of hydrogen-bond donors (Lipinski definition) is 1. The van der Waals surface area contributed by atoms with Crippen molar-refractivity contribution in [2.75, 3.05) is 36.8 Å². The maximum atomic E-state index is 12.8. The van der Waals surface area contributed by atoms with Crippen molar-refractivity contribution in [1.29, 1.82) is 0 Å². The van der Waals surface area contributed by atoms with Crippen LogP contribution in [0.15, 0.2) is 12.1 Å². The molecule has 0 spiro atoms. The summed E-state index contributed by atoms with van der Waals surface area (Å²) >= 11 is 0. The lowest BCUT2D eigenvalue weighted by Gasteiger charge is -2.42. The molecule has 1 aromatic rings. The Morgan fingerprint density at radius 1 is 1.05 bits per heavy atom. The van der Waals surface area contributed by atoms with Gasteiger partial charge in [-0.05, 0) is 32.9 Å². The van der Waals surface area contributed by atoms with Crippen LogP contribution in [0.1, 0.15) is 26.3 Å². The topological polar surface area (TPSA) is 45.4 Å². The Morgan fingerprint density at radius 2 is 1.62 bits per heavy atom. The molecular weight excluding hydrogens is 281 g/mol. The summed E-state index contributed by atoms with van der Waals surface area (Å²) in [5, 5.41) is 0. The third-order valence-electron chi connectivity index (χ3n) is 3.71. The molecule has 2 heterocycles. The highest BCUT2D eigenvalue weighted by Gasteiger charge is 2.33. The Hall–Kier alpha value is -1.50. The number of pyridine rings is 1. The minimum atomic E-state index is -4.40. The van der Waals surface area contributed by atoms with Crippen molar-refractivity contribution in [3.05, 3.63) is 17.7 Å². The highest BCUT2D eigenvalue weighted by Crippen LogP contribution is 2.32. The van der Waals surface area contributed by atoms with E-state index in [9.17, 15) is 13.2 Å². The smallest absolute Gasteiger partial charge is 0.384 e. The van der Waals surface area contributed by atoms with Crippen LogP contribution < -0.4 is 10.6 Å². The van der Waals surface area contributed by atoms with Crippen molar-refractivity contribution >= 4 is 11.6 Å². The number of alkyl halides is 3. The number of nitrogens with two attached hydrogens (primary N) is 1. The first-order chi connectivity index (χ1) is 9.57. The monoisotopic (exact) mass is 302 g/mol. The van der Waals surface area contributed by atoms with Crippen LogP contribution in [0.3, 0.4) is 0 Å². The number of aromatic nitrogens is 1. The number of hydrogen-bond acceptors (Lipinski definition) is 4. The van der Waals surface area contributed by atoms with Crippen molar-refractivity contribution in [3.8, 4) is 0 Å². The largest absolute Gasteiger partial charge is 0.416 e. The van der Waals surface area contributed by atoms with E-state index in [-0.39, 0.29) is 11.4 Å². The van der Waals surface area contributed by atoms with Crippen molar-refractivity contribution < 1.29 is 13.2 Å². The van der Waals surface area contributed by atoms with Gasteiger partial charge in [0.1, 0.15) is 11.6 Å². The molecule has 1 saturated heterocycles. The third kappa shape index (κ3) is 3.78. The molecule has 1 fully saturated rings. The Labute approximate surface area is 122 Å². The van der Waals surface area contributed by atoms with Crippen LogP contribution in [-0.2, 0) is 6.18 Å². The fourth-order valence-electron chi connectivity index (χ4n) is 2.47. The second kappa shape index (κ2) is 5.36. The normalized spacial score (nSPS) is 18.1. The summed E-state index contributed by atoms with van der Waals surface area (Å²) in [6.45, 7) is 9.26. The predicted molar refractivity (Wildman–Crippen MR) is 77.2 cm³/mol. The third-order valence-corrected chi connectivity index (χ3v) is 3.71. The summed E-state index contributed by atoms with van der Waals surface area (Å²) in [5.41, 5.74) is 4.83. The molecule has 0 bridgehead atoms. The number of anilines is 2. The van der Waals surface area contributed by atoms with Crippen molar-refractivity contribution in [2.45, 2.75) is 32.5 Å². The van der Waals surface area contributed by atoms with E-state index in [1.165, 1.54) is 0 Å². The van der Waals surface area contributed by atoms with E-state index in [1.54, 1.807) is 0 Å². The molecule has 0 aromatic carbocycles. The molecule has 2 N–H and O–H groups in total. The average Bonchev–Trinajstić information content (AvgIpc) is 2.36. The molecule has 0 aliphatic carbocycles. The molecule has 0 atom stereocenters. The lowest BCUT2D eigenvalue weighted by atomic mass is 10.0. The quantitative estimate of drug-likeness (QED) is 0.866. The van der Waals surface area contributed by atoms with Gasteiger partial charge in [0.05, 0.1) is 5.56 Å². The number of halogens is 3. The zero-order valence-electron chi connectivity index (χ0n) is 12.5. The Bertz CT molecular complexity index is 500. The molecule has 0 radical (unpaired) electrons. The van der Waals surface area contributed by atoms with Gasteiger partial charge in [0.15, 0.2) is 0 Å². The summed E-state index contributed by atoms with van der Waals surface area (Å²) in [4.78, 5) is 8.20. The number of rotatable bonds is 1. The van der Waals surface area contributed by atoms with Gasteiger partial charge in [-0.2, -0.15) is 13.2 Å². The van der Waals surface area contributed by atoms with E-state index in [0.29, 0.717) is 18.9 Å². The van der Waals surface area contributed by atoms with E-state index in [0.717, 1.165) is 25.2 Å². The number of piperazine rings is 1. The summed E-state index contributed by atoms with van der Waals surface area (Å²) in [7, 11) is 0. The van der Waals surface area contributed by atoms with Crippen LogP contribution in [0.25, 0.3) is 0 Å². The van der Waals surface area contributed by atoms with E-state index in [2.05, 4.69) is 30.7 Å². The molecule has 118 valence electrons. The first kappa shape index (κ1) is 15.9. The van der Waals surface area contributed by atoms with Crippen LogP contribution in [0.2, 0.25) is 0 Å². The van der Waals surface area contributed by atoms with Gasteiger partial charge >= 0.3 is 6.18 Å². The van der Waals surface area contributed by atoms with Crippen LogP contribution in [0.4, 0.5) is 24.8 Å². The fraction of sp³-hybridized carbons (Fsp3) is 0.643. The second-order valence-corrected chi connectivity index (χ2v) is 6.28. The van der Waals surface area contributed by atoms with Gasteiger partial charge in [-0.15, -0.1) is 0 Å². The molecule has 4 nitrogen and oxygen atoms in total.